The standard InChI is InChI=1S/C16H17NO3/c18-14-6-5-11(9-15(14)19)10-17-13-7-8-20-16-4-2-1-3-12(13)16/h1-6,9,13,17-19H,7-8,10H2. The Morgan fingerprint density at radius 1 is 1.10 bits per heavy atom. The highest BCUT2D eigenvalue weighted by Crippen LogP contribution is 2.32. The van der Waals surface area contributed by atoms with Crippen LogP contribution in [0.5, 0.6) is 17.2 Å². The fraction of sp³-hybridized carbons (Fsp3) is 0.250. The Bertz CT molecular complexity index is 612. The van der Waals surface area contributed by atoms with Gasteiger partial charge in [0.15, 0.2) is 11.5 Å². The van der Waals surface area contributed by atoms with Crippen molar-refractivity contribution in [3.63, 3.8) is 0 Å². The fourth-order valence-electron chi connectivity index (χ4n) is 2.47. The van der Waals surface area contributed by atoms with Crippen LogP contribution in [0.4, 0.5) is 0 Å². The number of fused-ring (bicyclic) bond motifs is 1. The summed E-state index contributed by atoms with van der Waals surface area (Å²) in [7, 11) is 0. The highest BCUT2D eigenvalue weighted by atomic mass is 16.5. The first-order valence-electron chi connectivity index (χ1n) is 6.70. The zero-order valence-electron chi connectivity index (χ0n) is 11.0. The quantitative estimate of drug-likeness (QED) is 0.751. The van der Waals surface area contributed by atoms with Crippen molar-refractivity contribution in [3.8, 4) is 17.2 Å². The number of hydrogen-bond acceptors (Lipinski definition) is 4. The van der Waals surface area contributed by atoms with Gasteiger partial charge in [-0.25, -0.2) is 0 Å². The maximum Gasteiger partial charge on any atom is 0.157 e. The van der Waals surface area contributed by atoms with E-state index in [-0.39, 0.29) is 17.5 Å². The lowest BCUT2D eigenvalue weighted by Crippen LogP contribution is -2.26. The maximum absolute atomic E-state index is 9.50. The third-order valence-corrected chi connectivity index (χ3v) is 3.55. The van der Waals surface area contributed by atoms with Gasteiger partial charge in [0.25, 0.3) is 0 Å². The summed E-state index contributed by atoms with van der Waals surface area (Å²) in [4.78, 5) is 0. The van der Waals surface area contributed by atoms with Crippen molar-refractivity contribution >= 4 is 0 Å². The van der Waals surface area contributed by atoms with Crippen LogP contribution in [0.25, 0.3) is 0 Å². The minimum atomic E-state index is -0.0924. The number of nitrogens with one attached hydrogen (secondary N) is 1. The van der Waals surface area contributed by atoms with Crippen LogP contribution in [0.15, 0.2) is 42.5 Å². The highest BCUT2D eigenvalue weighted by Gasteiger charge is 2.20. The van der Waals surface area contributed by atoms with Crippen molar-refractivity contribution in [2.45, 2.75) is 19.0 Å². The molecule has 20 heavy (non-hydrogen) atoms. The average Bonchev–Trinajstić information content (AvgIpc) is 2.48. The molecule has 1 aliphatic heterocycles. The Hall–Kier alpha value is -2.20. The molecule has 0 fully saturated rings. The second-order valence-electron chi connectivity index (χ2n) is 4.93. The molecular weight excluding hydrogens is 254 g/mol. The SMILES string of the molecule is Oc1ccc(CNC2CCOc3ccccc32)cc1O. The minimum Gasteiger partial charge on any atom is -0.504 e. The molecule has 4 heteroatoms. The van der Waals surface area contributed by atoms with E-state index in [0.29, 0.717) is 13.2 Å². The summed E-state index contributed by atoms with van der Waals surface area (Å²) in [5, 5.41) is 22.3. The van der Waals surface area contributed by atoms with E-state index < -0.39 is 0 Å². The molecule has 2 aromatic carbocycles. The molecule has 0 saturated carbocycles. The van der Waals surface area contributed by atoms with Gasteiger partial charge in [-0.2, -0.15) is 0 Å². The van der Waals surface area contributed by atoms with Crippen molar-refractivity contribution in [3.05, 3.63) is 53.6 Å². The first-order valence-corrected chi connectivity index (χ1v) is 6.70. The first-order chi connectivity index (χ1) is 9.74. The van der Waals surface area contributed by atoms with Crippen molar-refractivity contribution in [2.75, 3.05) is 6.61 Å². The lowest BCUT2D eigenvalue weighted by atomic mass is 10.0. The molecule has 3 rings (SSSR count). The van der Waals surface area contributed by atoms with E-state index in [4.69, 9.17) is 4.74 Å². The number of benzene rings is 2. The predicted octanol–water partition coefficient (Wildman–Crippen LogP) is 2.71. The molecule has 2 aromatic rings. The zero-order valence-corrected chi connectivity index (χ0v) is 11.0. The van der Waals surface area contributed by atoms with Crippen LogP contribution in [-0.2, 0) is 6.54 Å². The smallest absolute Gasteiger partial charge is 0.157 e. The number of hydrogen-bond donors (Lipinski definition) is 3. The monoisotopic (exact) mass is 271 g/mol. The fourth-order valence-corrected chi connectivity index (χ4v) is 2.47. The molecule has 104 valence electrons. The summed E-state index contributed by atoms with van der Waals surface area (Å²) in [5.74, 6) is 0.756. The number of rotatable bonds is 3. The van der Waals surface area contributed by atoms with Crippen molar-refractivity contribution in [2.24, 2.45) is 0 Å². The van der Waals surface area contributed by atoms with Crippen LogP contribution < -0.4 is 10.1 Å². The molecule has 0 radical (unpaired) electrons. The second-order valence-corrected chi connectivity index (χ2v) is 4.93. The van der Waals surface area contributed by atoms with E-state index in [1.54, 1.807) is 12.1 Å². The van der Waals surface area contributed by atoms with Crippen LogP contribution in [0.3, 0.4) is 0 Å². The zero-order chi connectivity index (χ0) is 13.9. The van der Waals surface area contributed by atoms with E-state index in [1.807, 2.05) is 18.2 Å². The number of aromatic hydroxyl groups is 2. The van der Waals surface area contributed by atoms with Crippen molar-refractivity contribution in [1.82, 2.24) is 5.32 Å². The molecule has 0 saturated heterocycles. The van der Waals surface area contributed by atoms with Crippen LogP contribution in [0.1, 0.15) is 23.6 Å². The van der Waals surface area contributed by atoms with Crippen LogP contribution >= 0.6 is 0 Å². The van der Waals surface area contributed by atoms with E-state index >= 15 is 0 Å². The van der Waals surface area contributed by atoms with Gasteiger partial charge in [0.2, 0.25) is 0 Å². The molecular formula is C16H17NO3. The molecule has 0 bridgehead atoms. The first kappa shape index (κ1) is 12.8. The van der Waals surface area contributed by atoms with E-state index in [0.717, 1.165) is 17.7 Å². The van der Waals surface area contributed by atoms with Crippen molar-refractivity contribution < 1.29 is 14.9 Å². The molecule has 0 spiro atoms. The van der Waals surface area contributed by atoms with Gasteiger partial charge in [0.1, 0.15) is 5.75 Å². The molecule has 1 aliphatic rings. The van der Waals surface area contributed by atoms with Gasteiger partial charge >= 0.3 is 0 Å². The topological polar surface area (TPSA) is 61.7 Å². The van der Waals surface area contributed by atoms with Gasteiger partial charge < -0.3 is 20.3 Å². The van der Waals surface area contributed by atoms with E-state index in [1.165, 1.54) is 11.6 Å². The van der Waals surface area contributed by atoms with Gasteiger partial charge in [-0.15, -0.1) is 0 Å². The number of para-hydroxylation sites is 1. The molecule has 0 amide bonds. The number of ether oxygens (including phenoxy) is 1. The summed E-state index contributed by atoms with van der Waals surface area (Å²) >= 11 is 0. The van der Waals surface area contributed by atoms with E-state index in [2.05, 4.69) is 11.4 Å². The Labute approximate surface area is 117 Å². The third kappa shape index (κ3) is 2.56. The third-order valence-electron chi connectivity index (χ3n) is 3.55. The largest absolute Gasteiger partial charge is 0.504 e. The van der Waals surface area contributed by atoms with Crippen LogP contribution in [0, 0.1) is 0 Å². The Kier molecular flexibility index (Phi) is 3.48. The van der Waals surface area contributed by atoms with Gasteiger partial charge in [0.05, 0.1) is 6.61 Å². The molecule has 1 heterocycles. The summed E-state index contributed by atoms with van der Waals surface area (Å²) in [6.07, 6.45) is 0.918. The second kappa shape index (κ2) is 5.43. The van der Waals surface area contributed by atoms with Crippen LogP contribution in [-0.4, -0.2) is 16.8 Å². The predicted molar refractivity (Wildman–Crippen MR) is 75.9 cm³/mol. The van der Waals surface area contributed by atoms with E-state index in [9.17, 15) is 10.2 Å². The Morgan fingerprint density at radius 2 is 1.95 bits per heavy atom. The summed E-state index contributed by atoms with van der Waals surface area (Å²) in [5.41, 5.74) is 2.10. The maximum atomic E-state index is 9.50. The molecule has 0 aromatic heterocycles. The summed E-state index contributed by atoms with van der Waals surface area (Å²) < 4.78 is 5.63. The van der Waals surface area contributed by atoms with Crippen molar-refractivity contribution in [1.29, 1.82) is 0 Å². The lowest BCUT2D eigenvalue weighted by molar-refractivity contribution is 0.252. The number of phenolic OH excluding ortho intramolecular Hbond substituents is 2. The van der Waals surface area contributed by atoms with Gasteiger partial charge in [-0.3, -0.25) is 0 Å². The van der Waals surface area contributed by atoms with Gasteiger partial charge in [0, 0.05) is 24.6 Å². The van der Waals surface area contributed by atoms with Gasteiger partial charge in [-0.05, 0) is 23.8 Å². The minimum absolute atomic E-state index is 0.0864. The molecule has 1 unspecified atom stereocenters. The number of phenols is 2. The molecule has 4 nitrogen and oxygen atoms in total. The normalized spacial score (nSPS) is 17.3. The van der Waals surface area contributed by atoms with Crippen LogP contribution in [0.2, 0.25) is 0 Å². The Balaban J connectivity index is 1.71. The highest BCUT2D eigenvalue weighted by molar-refractivity contribution is 5.41. The lowest BCUT2D eigenvalue weighted by Gasteiger charge is -2.26. The molecule has 1 atom stereocenters. The average molecular weight is 271 g/mol. The summed E-state index contributed by atoms with van der Waals surface area (Å²) in [6, 6.07) is 13.2. The summed E-state index contributed by atoms with van der Waals surface area (Å²) in [6.45, 7) is 1.34. The Morgan fingerprint density at radius 3 is 2.80 bits per heavy atom. The van der Waals surface area contributed by atoms with Gasteiger partial charge in [-0.1, -0.05) is 24.3 Å². The molecule has 3 N–H and O–H groups in total. The molecule has 0 aliphatic carbocycles.